The van der Waals surface area contributed by atoms with Crippen molar-refractivity contribution in [1.82, 2.24) is 5.32 Å². The Balaban J connectivity index is 2.17. The van der Waals surface area contributed by atoms with Gasteiger partial charge in [0.2, 0.25) is 0 Å². The van der Waals surface area contributed by atoms with E-state index in [9.17, 15) is 14.7 Å². The molecule has 1 heterocycles. The lowest BCUT2D eigenvalue weighted by molar-refractivity contribution is -0.143. The van der Waals surface area contributed by atoms with E-state index in [4.69, 9.17) is 5.73 Å². The summed E-state index contributed by atoms with van der Waals surface area (Å²) < 4.78 is 0. The summed E-state index contributed by atoms with van der Waals surface area (Å²) in [5, 5.41) is 15.2. The summed E-state index contributed by atoms with van der Waals surface area (Å²) in [7, 11) is 0. The van der Waals surface area contributed by atoms with Crippen LogP contribution in [0.25, 0.3) is 0 Å². The highest BCUT2D eigenvalue weighted by molar-refractivity contribution is 5.88. The van der Waals surface area contributed by atoms with Crippen LogP contribution < -0.4 is 16.4 Å². The number of anilines is 1. The maximum absolute atomic E-state index is 11.5. The fourth-order valence-corrected chi connectivity index (χ4v) is 2.92. The van der Waals surface area contributed by atoms with Gasteiger partial charge in [0, 0.05) is 5.69 Å². The van der Waals surface area contributed by atoms with Crippen LogP contribution in [0.2, 0.25) is 0 Å². The number of carbonyl (C=O) groups is 2. The molecule has 0 unspecified atom stereocenters. The number of carboxylic acid groups (broad SMARTS) is 1. The molecular weight excluding hydrogens is 270 g/mol. The monoisotopic (exact) mass is 291 g/mol. The summed E-state index contributed by atoms with van der Waals surface area (Å²) in [4.78, 5) is 22.5. The molecule has 0 aromatic heterocycles. The van der Waals surface area contributed by atoms with Gasteiger partial charge in [0.1, 0.15) is 0 Å². The van der Waals surface area contributed by atoms with Gasteiger partial charge >= 0.3 is 12.0 Å². The highest BCUT2D eigenvalue weighted by Crippen LogP contribution is 2.25. The van der Waals surface area contributed by atoms with Crippen LogP contribution in [0.3, 0.4) is 0 Å². The van der Waals surface area contributed by atoms with Gasteiger partial charge in [-0.05, 0) is 62.0 Å². The summed E-state index contributed by atoms with van der Waals surface area (Å²) in [5.74, 6) is -1.03. The third-order valence-corrected chi connectivity index (χ3v) is 3.84. The van der Waals surface area contributed by atoms with Gasteiger partial charge in [-0.25, -0.2) is 4.79 Å². The molecule has 1 aliphatic heterocycles. The number of nitrogens with one attached hydrogen (secondary N) is 2. The van der Waals surface area contributed by atoms with Crippen molar-refractivity contribution in [3.63, 3.8) is 0 Å². The van der Waals surface area contributed by atoms with Crippen LogP contribution in [-0.2, 0) is 11.2 Å². The zero-order valence-electron chi connectivity index (χ0n) is 12.1. The zero-order valence-corrected chi connectivity index (χ0v) is 12.1. The van der Waals surface area contributed by atoms with E-state index < -0.39 is 17.9 Å². The van der Waals surface area contributed by atoms with Crippen molar-refractivity contribution in [2.24, 2.45) is 17.6 Å². The Bertz CT molecular complexity index is 539. The first-order valence-corrected chi connectivity index (χ1v) is 7.06. The molecule has 5 N–H and O–H groups in total. The highest BCUT2D eigenvalue weighted by Gasteiger charge is 2.30. The molecule has 0 saturated carbocycles. The van der Waals surface area contributed by atoms with Crippen molar-refractivity contribution >= 4 is 17.7 Å². The fraction of sp³-hybridized carbons (Fsp3) is 0.467. The molecule has 114 valence electrons. The SMILES string of the molecule is Cc1cc(C[C@H](C(=O)O)[C@H]2CCNC2)cc(NC(N)=O)c1. The lowest BCUT2D eigenvalue weighted by Gasteiger charge is -2.19. The number of hydrogen-bond donors (Lipinski definition) is 4. The van der Waals surface area contributed by atoms with Gasteiger partial charge in [-0.2, -0.15) is 0 Å². The molecule has 2 atom stereocenters. The molecule has 6 nitrogen and oxygen atoms in total. The van der Waals surface area contributed by atoms with Crippen LogP contribution >= 0.6 is 0 Å². The number of aryl methyl sites for hydroxylation is 1. The van der Waals surface area contributed by atoms with Crippen LogP contribution in [0, 0.1) is 18.8 Å². The predicted octanol–water partition coefficient (Wildman–Crippen LogP) is 1.34. The van der Waals surface area contributed by atoms with Crippen molar-refractivity contribution in [2.45, 2.75) is 19.8 Å². The molecule has 1 fully saturated rings. The van der Waals surface area contributed by atoms with E-state index in [-0.39, 0.29) is 5.92 Å². The normalized spacial score (nSPS) is 19.2. The number of amides is 2. The van der Waals surface area contributed by atoms with Crippen LogP contribution in [0.5, 0.6) is 0 Å². The number of carbonyl (C=O) groups excluding carboxylic acids is 1. The first-order valence-electron chi connectivity index (χ1n) is 7.06. The summed E-state index contributed by atoms with van der Waals surface area (Å²) in [5.41, 5.74) is 7.59. The number of aliphatic carboxylic acids is 1. The van der Waals surface area contributed by atoms with Gasteiger partial charge in [0.05, 0.1) is 5.92 Å². The Morgan fingerprint density at radius 1 is 1.48 bits per heavy atom. The summed E-state index contributed by atoms with van der Waals surface area (Å²) in [6.07, 6.45) is 1.34. The number of primary amides is 1. The third kappa shape index (κ3) is 4.19. The van der Waals surface area contributed by atoms with E-state index >= 15 is 0 Å². The topological polar surface area (TPSA) is 104 Å². The lowest BCUT2D eigenvalue weighted by atomic mass is 9.86. The standard InChI is InChI=1S/C15H21N3O3/c1-9-4-10(6-12(5-9)18-15(16)21)7-13(14(19)20)11-2-3-17-8-11/h4-6,11,13,17H,2-3,7-8H2,1H3,(H,19,20)(H3,16,18,21)/t11-,13-/m0/s1. The molecule has 0 bridgehead atoms. The smallest absolute Gasteiger partial charge is 0.316 e. The Hall–Kier alpha value is -2.08. The number of nitrogens with two attached hydrogens (primary N) is 1. The molecule has 2 amide bonds. The molecule has 0 spiro atoms. The van der Waals surface area contributed by atoms with Gasteiger partial charge in [-0.15, -0.1) is 0 Å². The van der Waals surface area contributed by atoms with E-state index in [1.165, 1.54) is 0 Å². The highest BCUT2D eigenvalue weighted by atomic mass is 16.4. The molecule has 1 aromatic rings. The average Bonchev–Trinajstić information content (AvgIpc) is 2.87. The van der Waals surface area contributed by atoms with E-state index in [1.54, 1.807) is 12.1 Å². The zero-order chi connectivity index (χ0) is 15.4. The van der Waals surface area contributed by atoms with Crippen molar-refractivity contribution in [3.05, 3.63) is 29.3 Å². The Kier molecular flexibility index (Phi) is 4.80. The third-order valence-electron chi connectivity index (χ3n) is 3.84. The predicted molar refractivity (Wildman–Crippen MR) is 80.2 cm³/mol. The first-order chi connectivity index (χ1) is 9.95. The van der Waals surface area contributed by atoms with E-state index in [0.717, 1.165) is 30.6 Å². The van der Waals surface area contributed by atoms with Crippen LogP contribution in [0.1, 0.15) is 17.5 Å². The molecular formula is C15H21N3O3. The van der Waals surface area contributed by atoms with Crippen molar-refractivity contribution in [2.75, 3.05) is 18.4 Å². The first kappa shape index (κ1) is 15.3. The fourth-order valence-electron chi connectivity index (χ4n) is 2.92. The van der Waals surface area contributed by atoms with Crippen molar-refractivity contribution in [3.8, 4) is 0 Å². The molecule has 1 aromatic carbocycles. The van der Waals surface area contributed by atoms with Gasteiger partial charge in [-0.1, -0.05) is 6.07 Å². The maximum atomic E-state index is 11.5. The second kappa shape index (κ2) is 6.58. The van der Waals surface area contributed by atoms with Gasteiger partial charge in [0.25, 0.3) is 0 Å². The van der Waals surface area contributed by atoms with E-state index in [1.807, 2.05) is 13.0 Å². The quantitative estimate of drug-likeness (QED) is 0.657. The molecule has 21 heavy (non-hydrogen) atoms. The Morgan fingerprint density at radius 2 is 2.24 bits per heavy atom. The molecule has 2 rings (SSSR count). The number of hydrogen-bond acceptors (Lipinski definition) is 3. The van der Waals surface area contributed by atoms with Crippen molar-refractivity contribution in [1.29, 1.82) is 0 Å². The van der Waals surface area contributed by atoms with Crippen LogP contribution in [0.4, 0.5) is 10.5 Å². The Morgan fingerprint density at radius 3 is 2.81 bits per heavy atom. The molecule has 1 saturated heterocycles. The molecule has 0 aliphatic carbocycles. The van der Waals surface area contributed by atoms with Gasteiger partial charge in [0.15, 0.2) is 0 Å². The summed E-state index contributed by atoms with van der Waals surface area (Å²) >= 11 is 0. The lowest BCUT2D eigenvalue weighted by Crippen LogP contribution is -2.27. The summed E-state index contributed by atoms with van der Waals surface area (Å²) in [6.45, 7) is 3.52. The minimum Gasteiger partial charge on any atom is -0.481 e. The number of rotatable bonds is 5. The van der Waals surface area contributed by atoms with Crippen LogP contribution in [-0.4, -0.2) is 30.2 Å². The van der Waals surface area contributed by atoms with Crippen molar-refractivity contribution < 1.29 is 14.7 Å². The maximum Gasteiger partial charge on any atom is 0.316 e. The molecule has 1 aliphatic rings. The minimum absolute atomic E-state index is 0.149. The second-order valence-corrected chi connectivity index (χ2v) is 5.60. The summed E-state index contributed by atoms with van der Waals surface area (Å²) in [6, 6.07) is 4.92. The largest absolute Gasteiger partial charge is 0.481 e. The molecule has 0 radical (unpaired) electrons. The number of carboxylic acids is 1. The van der Waals surface area contributed by atoms with Crippen LogP contribution in [0.15, 0.2) is 18.2 Å². The van der Waals surface area contributed by atoms with E-state index in [0.29, 0.717) is 12.1 Å². The number of urea groups is 1. The average molecular weight is 291 g/mol. The molecule has 6 heteroatoms. The minimum atomic E-state index is -0.769. The number of benzene rings is 1. The van der Waals surface area contributed by atoms with Gasteiger partial charge < -0.3 is 21.5 Å². The Labute approximate surface area is 123 Å². The van der Waals surface area contributed by atoms with E-state index in [2.05, 4.69) is 10.6 Å². The van der Waals surface area contributed by atoms with Gasteiger partial charge in [-0.3, -0.25) is 4.79 Å². The second-order valence-electron chi connectivity index (χ2n) is 5.60.